The standard InChI is InChI=1S/C16H22N4/c1-3-10-17-15-13(2)16(20-12-19-15)18-11-9-14-7-5-4-6-8-14/h4-8,12H,3,9-11H2,1-2H3,(H2,17,18,19,20). The van der Waals surface area contributed by atoms with Gasteiger partial charge >= 0.3 is 0 Å². The van der Waals surface area contributed by atoms with E-state index in [0.717, 1.165) is 43.1 Å². The minimum absolute atomic E-state index is 0.870. The number of nitrogens with one attached hydrogen (secondary N) is 2. The van der Waals surface area contributed by atoms with E-state index in [1.54, 1.807) is 6.33 Å². The number of anilines is 2. The molecule has 0 fully saturated rings. The molecule has 0 aliphatic carbocycles. The van der Waals surface area contributed by atoms with Gasteiger partial charge in [-0.15, -0.1) is 0 Å². The molecule has 106 valence electrons. The molecule has 0 saturated heterocycles. The van der Waals surface area contributed by atoms with Gasteiger partial charge < -0.3 is 10.6 Å². The van der Waals surface area contributed by atoms with Crippen LogP contribution in [-0.2, 0) is 6.42 Å². The van der Waals surface area contributed by atoms with E-state index >= 15 is 0 Å². The second-order valence-electron chi connectivity index (χ2n) is 4.79. The smallest absolute Gasteiger partial charge is 0.134 e. The van der Waals surface area contributed by atoms with E-state index in [4.69, 9.17) is 0 Å². The molecule has 0 saturated carbocycles. The highest BCUT2D eigenvalue weighted by Crippen LogP contribution is 2.18. The zero-order valence-electron chi connectivity index (χ0n) is 12.2. The Morgan fingerprint density at radius 1 is 0.950 bits per heavy atom. The van der Waals surface area contributed by atoms with E-state index in [0.29, 0.717) is 0 Å². The first-order valence-corrected chi connectivity index (χ1v) is 7.14. The Hall–Kier alpha value is -2.10. The predicted molar refractivity (Wildman–Crippen MR) is 84.2 cm³/mol. The molecule has 2 rings (SSSR count). The molecule has 0 bridgehead atoms. The van der Waals surface area contributed by atoms with E-state index in [2.05, 4.69) is 51.8 Å². The third-order valence-electron chi connectivity index (χ3n) is 3.18. The Kier molecular flexibility index (Phi) is 5.35. The molecular formula is C16H22N4. The first-order valence-electron chi connectivity index (χ1n) is 7.14. The van der Waals surface area contributed by atoms with E-state index in [1.165, 1.54) is 5.56 Å². The average molecular weight is 270 g/mol. The zero-order chi connectivity index (χ0) is 14.2. The summed E-state index contributed by atoms with van der Waals surface area (Å²) in [5, 5.41) is 6.71. The fraction of sp³-hybridized carbons (Fsp3) is 0.375. The Labute approximate surface area is 120 Å². The SMILES string of the molecule is CCCNc1ncnc(NCCc2ccccc2)c1C. The number of aromatic nitrogens is 2. The molecule has 0 radical (unpaired) electrons. The zero-order valence-corrected chi connectivity index (χ0v) is 12.2. The highest BCUT2D eigenvalue weighted by Gasteiger charge is 2.05. The molecule has 1 aromatic heterocycles. The molecular weight excluding hydrogens is 248 g/mol. The first-order chi connectivity index (χ1) is 9.81. The lowest BCUT2D eigenvalue weighted by Crippen LogP contribution is -2.11. The summed E-state index contributed by atoms with van der Waals surface area (Å²) in [7, 11) is 0. The number of nitrogens with zero attached hydrogens (tertiary/aromatic N) is 2. The number of hydrogen-bond donors (Lipinski definition) is 2. The van der Waals surface area contributed by atoms with Crippen LogP contribution in [0.4, 0.5) is 11.6 Å². The van der Waals surface area contributed by atoms with Gasteiger partial charge in [-0.3, -0.25) is 0 Å². The molecule has 0 aliphatic rings. The highest BCUT2D eigenvalue weighted by atomic mass is 15.1. The molecule has 0 amide bonds. The summed E-state index contributed by atoms with van der Waals surface area (Å²) in [4.78, 5) is 8.60. The monoisotopic (exact) mass is 270 g/mol. The lowest BCUT2D eigenvalue weighted by Gasteiger charge is -2.12. The summed E-state index contributed by atoms with van der Waals surface area (Å²) in [5.41, 5.74) is 2.41. The summed E-state index contributed by atoms with van der Waals surface area (Å²) >= 11 is 0. The van der Waals surface area contributed by atoms with Crippen molar-refractivity contribution in [1.29, 1.82) is 0 Å². The summed E-state index contributed by atoms with van der Waals surface area (Å²) in [5.74, 6) is 1.83. The number of rotatable bonds is 7. The van der Waals surface area contributed by atoms with Crippen molar-refractivity contribution >= 4 is 11.6 Å². The Morgan fingerprint density at radius 3 is 2.25 bits per heavy atom. The third-order valence-corrected chi connectivity index (χ3v) is 3.18. The summed E-state index contributed by atoms with van der Waals surface area (Å²) < 4.78 is 0. The average Bonchev–Trinajstić information content (AvgIpc) is 2.49. The molecule has 4 heteroatoms. The Bertz CT molecular complexity index is 525. The van der Waals surface area contributed by atoms with Crippen molar-refractivity contribution in [3.05, 3.63) is 47.8 Å². The fourth-order valence-electron chi connectivity index (χ4n) is 2.02. The van der Waals surface area contributed by atoms with Crippen LogP contribution in [0.2, 0.25) is 0 Å². The van der Waals surface area contributed by atoms with Gasteiger partial charge in [0.1, 0.15) is 18.0 Å². The first kappa shape index (κ1) is 14.3. The van der Waals surface area contributed by atoms with Gasteiger partial charge in [0.05, 0.1) is 0 Å². The van der Waals surface area contributed by atoms with Crippen molar-refractivity contribution < 1.29 is 0 Å². The molecule has 0 unspecified atom stereocenters. The molecule has 2 N–H and O–H groups in total. The van der Waals surface area contributed by atoms with Gasteiger partial charge in [0.25, 0.3) is 0 Å². The summed E-state index contributed by atoms with van der Waals surface area (Å²) in [6.45, 7) is 5.99. The van der Waals surface area contributed by atoms with Crippen molar-refractivity contribution in [3.8, 4) is 0 Å². The molecule has 0 atom stereocenters. The van der Waals surface area contributed by atoms with Gasteiger partial charge in [-0.1, -0.05) is 37.3 Å². The topological polar surface area (TPSA) is 49.8 Å². The third kappa shape index (κ3) is 3.95. The van der Waals surface area contributed by atoms with Crippen LogP contribution in [0.5, 0.6) is 0 Å². The van der Waals surface area contributed by atoms with Crippen LogP contribution >= 0.6 is 0 Å². The Balaban J connectivity index is 1.92. The van der Waals surface area contributed by atoms with Crippen molar-refractivity contribution in [2.24, 2.45) is 0 Å². The second-order valence-corrected chi connectivity index (χ2v) is 4.79. The summed E-state index contributed by atoms with van der Waals surface area (Å²) in [6.07, 6.45) is 3.68. The van der Waals surface area contributed by atoms with Gasteiger partial charge in [0, 0.05) is 18.7 Å². The van der Waals surface area contributed by atoms with E-state index in [-0.39, 0.29) is 0 Å². The number of hydrogen-bond acceptors (Lipinski definition) is 4. The van der Waals surface area contributed by atoms with Gasteiger partial charge in [-0.05, 0) is 25.3 Å². The van der Waals surface area contributed by atoms with Crippen LogP contribution in [0, 0.1) is 6.92 Å². The predicted octanol–water partition coefficient (Wildman–Crippen LogP) is 3.26. The molecule has 0 aliphatic heterocycles. The largest absolute Gasteiger partial charge is 0.370 e. The number of benzene rings is 1. The van der Waals surface area contributed by atoms with E-state index in [9.17, 15) is 0 Å². The van der Waals surface area contributed by atoms with E-state index < -0.39 is 0 Å². The maximum Gasteiger partial charge on any atom is 0.134 e. The highest BCUT2D eigenvalue weighted by molar-refractivity contribution is 5.56. The maximum atomic E-state index is 4.32. The normalized spacial score (nSPS) is 10.3. The van der Waals surface area contributed by atoms with Gasteiger partial charge in [-0.2, -0.15) is 0 Å². The molecule has 20 heavy (non-hydrogen) atoms. The molecule has 1 aromatic carbocycles. The van der Waals surface area contributed by atoms with Crippen LogP contribution < -0.4 is 10.6 Å². The van der Waals surface area contributed by atoms with Gasteiger partial charge in [-0.25, -0.2) is 9.97 Å². The Morgan fingerprint density at radius 2 is 1.60 bits per heavy atom. The lowest BCUT2D eigenvalue weighted by molar-refractivity contribution is 0.952. The molecule has 1 heterocycles. The van der Waals surface area contributed by atoms with Crippen LogP contribution in [0.3, 0.4) is 0 Å². The van der Waals surface area contributed by atoms with Gasteiger partial charge in [0.2, 0.25) is 0 Å². The van der Waals surface area contributed by atoms with Crippen molar-refractivity contribution in [1.82, 2.24) is 9.97 Å². The van der Waals surface area contributed by atoms with Gasteiger partial charge in [0.15, 0.2) is 0 Å². The fourth-order valence-corrected chi connectivity index (χ4v) is 2.02. The van der Waals surface area contributed by atoms with Crippen LogP contribution in [0.1, 0.15) is 24.5 Å². The molecule has 2 aromatic rings. The molecule has 0 spiro atoms. The van der Waals surface area contributed by atoms with Crippen LogP contribution in [0.15, 0.2) is 36.7 Å². The minimum atomic E-state index is 0.870. The van der Waals surface area contributed by atoms with Crippen LogP contribution in [-0.4, -0.2) is 23.1 Å². The maximum absolute atomic E-state index is 4.32. The quantitative estimate of drug-likeness (QED) is 0.811. The molecule has 4 nitrogen and oxygen atoms in total. The van der Waals surface area contributed by atoms with Crippen molar-refractivity contribution in [2.45, 2.75) is 26.7 Å². The van der Waals surface area contributed by atoms with Crippen molar-refractivity contribution in [3.63, 3.8) is 0 Å². The summed E-state index contributed by atoms with van der Waals surface area (Å²) in [6, 6.07) is 10.5. The van der Waals surface area contributed by atoms with Crippen molar-refractivity contribution in [2.75, 3.05) is 23.7 Å². The lowest BCUT2D eigenvalue weighted by atomic mass is 10.1. The van der Waals surface area contributed by atoms with Crippen LogP contribution in [0.25, 0.3) is 0 Å². The second kappa shape index (κ2) is 7.48. The van der Waals surface area contributed by atoms with E-state index in [1.807, 2.05) is 13.0 Å². The minimum Gasteiger partial charge on any atom is -0.370 e.